The van der Waals surface area contributed by atoms with Crippen molar-refractivity contribution in [3.63, 3.8) is 0 Å². The van der Waals surface area contributed by atoms with E-state index in [-0.39, 0.29) is 102 Å². The summed E-state index contributed by atoms with van der Waals surface area (Å²) < 4.78 is 21.0. The molecule has 0 radical (unpaired) electrons. The number of imide groups is 1. The van der Waals surface area contributed by atoms with E-state index < -0.39 is 58.7 Å². The lowest BCUT2D eigenvalue weighted by Gasteiger charge is -2.25. The van der Waals surface area contributed by atoms with Crippen LogP contribution < -0.4 is 37.1 Å². The Bertz CT molecular complexity index is 1870. The predicted octanol–water partition coefficient (Wildman–Crippen LogP) is 1.18. The van der Waals surface area contributed by atoms with Crippen LogP contribution in [0.25, 0.3) is 0 Å². The number of nitrogens with one attached hydrogen (secondary N) is 5. The van der Waals surface area contributed by atoms with E-state index in [1.165, 1.54) is 24.3 Å². The number of carbonyl (C=O) groups is 8. The number of nitro groups is 1. The summed E-state index contributed by atoms with van der Waals surface area (Å²) in [6.07, 6.45) is 1.52. The van der Waals surface area contributed by atoms with Crippen LogP contribution in [0, 0.1) is 16.0 Å². The van der Waals surface area contributed by atoms with Crippen LogP contribution in [0.5, 0.6) is 5.75 Å². The third-order valence-electron chi connectivity index (χ3n) is 8.57. The number of hydrogen-bond acceptors (Lipinski definition) is 14. The van der Waals surface area contributed by atoms with E-state index in [2.05, 4.69) is 26.6 Å². The van der Waals surface area contributed by atoms with Crippen LogP contribution >= 0.6 is 0 Å². The topological polar surface area (TPSA) is 306 Å². The van der Waals surface area contributed by atoms with E-state index in [1.807, 2.05) is 0 Å². The lowest BCUT2D eigenvalue weighted by molar-refractivity contribution is -0.384. The maximum Gasteiger partial charge on any atom is 0.514 e. The van der Waals surface area contributed by atoms with E-state index >= 15 is 0 Å². The quantitative estimate of drug-likeness (QED) is 0.0193. The minimum absolute atomic E-state index is 0.0193. The SMILES string of the molecule is CC(C)C(NC(=O)CCOCCOCCNC(=O)CCN1C(=O)C=CC1=O)C(=O)NC(CCCNC(N)=O)C(=O)Nc1ccc(COC(=O)Oc2ccc([N+](=O)[O-])cc2)cc1. The number of amides is 8. The summed E-state index contributed by atoms with van der Waals surface area (Å²) in [4.78, 5) is 109. The maximum atomic E-state index is 13.4. The van der Waals surface area contributed by atoms with E-state index in [0.717, 1.165) is 17.1 Å². The van der Waals surface area contributed by atoms with Crippen molar-refractivity contribution in [2.45, 2.75) is 58.2 Å². The van der Waals surface area contributed by atoms with Gasteiger partial charge in [0, 0.05) is 62.4 Å². The number of primary amides is 1. The van der Waals surface area contributed by atoms with E-state index in [9.17, 15) is 48.5 Å². The first-order valence-corrected chi connectivity index (χ1v) is 19.2. The van der Waals surface area contributed by atoms with E-state index in [1.54, 1.807) is 38.1 Å². The highest BCUT2D eigenvalue weighted by atomic mass is 16.7. The molecule has 0 bridgehead atoms. The second-order valence-corrected chi connectivity index (χ2v) is 13.6. The Kier molecular flexibility index (Phi) is 20.3. The summed E-state index contributed by atoms with van der Waals surface area (Å²) in [5.74, 6) is -3.25. The average Bonchev–Trinajstić information content (AvgIpc) is 3.54. The van der Waals surface area contributed by atoms with Gasteiger partial charge < -0.3 is 51.3 Å². The van der Waals surface area contributed by atoms with Crippen molar-refractivity contribution in [3.05, 3.63) is 76.4 Å². The van der Waals surface area contributed by atoms with Crippen molar-refractivity contribution in [1.29, 1.82) is 0 Å². The third-order valence-corrected chi connectivity index (χ3v) is 8.57. The van der Waals surface area contributed by atoms with Gasteiger partial charge in [0.1, 0.15) is 24.4 Å². The standard InChI is InChI=1S/C39H50N8O14/c1-25(2)35(45-32(49)16-20-58-22-23-59-21-18-41-31(48)15-19-46-33(50)13-14-34(46)51)37(53)44-30(4-3-17-42-38(40)54)36(52)43-27-7-5-26(6-8-27)24-60-39(55)61-29-11-9-28(10-12-29)47(56)57/h5-14,25,30,35H,3-4,15-24H2,1-2H3,(H,41,48)(H,43,52)(H,44,53)(H,45,49)(H3,40,42,54). The molecule has 8 amide bonds. The molecular weight excluding hydrogens is 804 g/mol. The average molecular weight is 855 g/mol. The van der Waals surface area contributed by atoms with Crippen molar-refractivity contribution in [1.82, 2.24) is 26.2 Å². The smallest absolute Gasteiger partial charge is 0.429 e. The molecule has 1 aliphatic rings. The predicted molar refractivity (Wildman–Crippen MR) is 214 cm³/mol. The van der Waals surface area contributed by atoms with Crippen molar-refractivity contribution in [3.8, 4) is 5.75 Å². The molecule has 3 rings (SSSR count). The minimum atomic E-state index is -1.09. The largest absolute Gasteiger partial charge is 0.514 e. The monoisotopic (exact) mass is 854 g/mol. The second-order valence-electron chi connectivity index (χ2n) is 13.6. The minimum Gasteiger partial charge on any atom is -0.429 e. The molecule has 0 aliphatic carbocycles. The summed E-state index contributed by atoms with van der Waals surface area (Å²) >= 11 is 0. The molecule has 1 heterocycles. The normalized spacial score (nSPS) is 12.9. The van der Waals surface area contributed by atoms with Gasteiger partial charge in [-0.05, 0) is 48.6 Å². The molecule has 0 spiro atoms. The van der Waals surface area contributed by atoms with Gasteiger partial charge >= 0.3 is 12.2 Å². The first-order chi connectivity index (χ1) is 29.1. The molecular formula is C39H50N8O14. The zero-order chi connectivity index (χ0) is 44.7. The molecule has 22 heteroatoms. The Morgan fingerprint density at radius 1 is 0.787 bits per heavy atom. The van der Waals surface area contributed by atoms with Crippen molar-refractivity contribution >= 4 is 59.0 Å². The molecule has 0 fully saturated rings. The molecule has 7 N–H and O–H groups in total. The number of hydrogen-bond donors (Lipinski definition) is 6. The molecule has 2 atom stereocenters. The number of anilines is 1. The first kappa shape index (κ1) is 48.4. The summed E-state index contributed by atoms with van der Waals surface area (Å²) in [6, 6.07) is 8.27. The molecule has 330 valence electrons. The Morgan fingerprint density at radius 2 is 1.44 bits per heavy atom. The van der Waals surface area contributed by atoms with Gasteiger partial charge in [-0.3, -0.25) is 43.8 Å². The Labute approximate surface area is 350 Å². The van der Waals surface area contributed by atoms with Crippen LogP contribution in [0.1, 0.15) is 45.1 Å². The highest BCUT2D eigenvalue weighted by molar-refractivity contribution is 6.13. The van der Waals surface area contributed by atoms with E-state index in [4.69, 9.17) is 24.7 Å². The number of rotatable bonds is 26. The van der Waals surface area contributed by atoms with Crippen LogP contribution in [0.2, 0.25) is 0 Å². The van der Waals surface area contributed by atoms with Gasteiger partial charge in [0.15, 0.2) is 0 Å². The fourth-order valence-electron chi connectivity index (χ4n) is 5.35. The lowest BCUT2D eigenvalue weighted by atomic mass is 10.0. The maximum absolute atomic E-state index is 13.4. The zero-order valence-corrected chi connectivity index (χ0v) is 33.7. The van der Waals surface area contributed by atoms with Crippen LogP contribution in [0.3, 0.4) is 0 Å². The number of nitrogens with zero attached hydrogens (tertiary/aromatic N) is 2. The van der Waals surface area contributed by atoms with Crippen molar-refractivity contribution in [2.75, 3.05) is 51.4 Å². The lowest BCUT2D eigenvalue weighted by Crippen LogP contribution is -2.54. The number of carbonyl (C=O) groups excluding carboxylic acids is 8. The van der Waals surface area contributed by atoms with Gasteiger partial charge in [-0.15, -0.1) is 0 Å². The highest BCUT2D eigenvalue weighted by Gasteiger charge is 2.29. The molecule has 1 aliphatic heterocycles. The van der Waals surface area contributed by atoms with Gasteiger partial charge in [0.05, 0.1) is 31.4 Å². The molecule has 22 nitrogen and oxygen atoms in total. The molecule has 2 unspecified atom stereocenters. The van der Waals surface area contributed by atoms with Crippen LogP contribution in [-0.4, -0.2) is 116 Å². The number of urea groups is 1. The number of nitro benzene ring substituents is 1. The van der Waals surface area contributed by atoms with Gasteiger partial charge in [-0.1, -0.05) is 26.0 Å². The second kappa shape index (κ2) is 25.5. The molecule has 0 aromatic heterocycles. The molecule has 0 saturated heterocycles. The fraction of sp³-hybridized carbons (Fsp3) is 0.436. The number of ether oxygens (including phenoxy) is 4. The van der Waals surface area contributed by atoms with Gasteiger partial charge in [0.25, 0.3) is 17.5 Å². The van der Waals surface area contributed by atoms with Gasteiger partial charge in [-0.25, -0.2) is 9.59 Å². The molecule has 61 heavy (non-hydrogen) atoms. The number of nitrogens with two attached hydrogens (primary N) is 1. The van der Waals surface area contributed by atoms with Crippen LogP contribution in [-0.2, 0) is 49.6 Å². The van der Waals surface area contributed by atoms with Crippen LogP contribution in [0.4, 0.5) is 21.0 Å². The Morgan fingerprint density at radius 3 is 2.07 bits per heavy atom. The number of benzene rings is 2. The van der Waals surface area contributed by atoms with Crippen molar-refractivity contribution in [2.24, 2.45) is 11.7 Å². The first-order valence-electron chi connectivity index (χ1n) is 19.2. The van der Waals surface area contributed by atoms with Gasteiger partial charge in [0.2, 0.25) is 23.6 Å². The molecule has 0 saturated carbocycles. The molecule has 2 aromatic rings. The number of non-ortho nitro benzene ring substituents is 1. The third kappa shape index (κ3) is 18.3. The Balaban J connectivity index is 1.40. The summed E-state index contributed by atoms with van der Waals surface area (Å²) in [6.45, 7) is 4.11. The fourth-order valence-corrected chi connectivity index (χ4v) is 5.35. The summed E-state index contributed by atoms with van der Waals surface area (Å²) in [5.41, 5.74) is 5.87. The molecule has 2 aromatic carbocycles. The Hall–Kier alpha value is -6.94. The van der Waals surface area contributed by atoms with Crippen molar-refractivity contribution < 1.29 is 62.2 Å². The highest BCUT2D eigenvalue weighted by Crippen LogP contribution is 2.18. The summed E-state index contributed by atoms with van der Waals surface area (Å²) in [7, 11) is 0. The van der Waals surface area contributed by atoms with Gasteiger partial charge in [-0.2, -0.15) is 0 Å². The summed E-state index contributed by atoms with van der Waals surface area (Å²) in [5, 5.41) is 23.9. The van der Waals surface area contributed by atoms with Crippen LogP contribution in [0.15, 0.2) is 60.7 Å². The van der Waals surface area contributed by atoms with E-state index in [0.29, 0.717) is 11.3 Å². The zero-order valence-electron chi connectivity index (χ0n) is 33.7.